The van der Waals surface area contributed by atoms with Crippen LogP contribution in [0.2, 0.25) is 0 Å². The summed E-state index contributed by atoms with van der Waals surface area (Å²) in [5, 5.41) is 2.84. The van der Waals surface area contributed by atoms with Crippen molar-refractivity contribution in [3.63, 3.8) is 0 Å². The van der Waals surface area contributed by atoms with E-state index in [0.29, 0.717) is 6.04 Å². The lowest BCUT2D eigenvalue weighted by Crippen LogP contribution is -2.30. The van der Waals surface area contributed by atoms with Crippen LogP contribution < -0.4 is 5.32 Å². The highest BCUT2D eigenvalue weighted by Gasteiger charge is 2.00. The fourth-order valence-electron chi connectivity index (χ4n) is 0.929. The minimum Gasteiger partial charge on any atom is -0.354 e. The number of carbonyl (C=O) groups is 1. The van der Waals surface area contributed by atoms with Crippen molar-refractivity contribution in [2.24, 2.45) is 0 Å². The summed E-state index contributed by atoms with van der Waals surface area (Å²) in [5.74, 6) is 0.0728. The zero-order valence-corrected chi connectivity index (χ0v) is 7.11. The Morgan fingerprint density at radius 2 is 2.20 bits per heavy atom. The zero-order valence-electron chi connectivity index (χ0n) is 7.11. The van der Waals surface area contributed by atoms with Crippen molar-refractivity contribution in [2.75, 3.05) is 0 Å². The molecule has 0 aromatic heterocycles. The van der Waals surface area contributed by atoms with Gasteiger partial charge in [-0.1, -0.05) is 19.8 Å². The molecule has 0 heterocycles. The van der Waals surface area contributed by atoms with Gasteiger partial charge in [0.1, 0.15) is 0 Å². The van der Waals surface area contributed by atoms with E-state index < -0.39 is 0 Å². The van der Waals surface area contributed by atoms with Gasteiger partial charge in [-0.25, -0.2) is 0 Å². The second-order valence-electron chi connectivity index (χ2n) is 2.74. The summed E-state index contributed by atoms with van der Waals surface area (Å²) in [5.41, 5.74) is 0. The van der Waals surface area contributed by atoms with Crippen LogP contribution >= 0.6 is 0 Å². The van der Waals surface area contributed by atoms with Crippen molar-refractivity contribution in [1.82, 2.24) is 5.32 Å². The lowest BCUT2D eigenvalue weighted by Gasteiger charge is -2.10. The van der Waals surface area contributed by atoms with Gasteiger partial charge in [0, 0.05) is 13.0 Å². The molecule has 1 N–H and O–H groups in total. The number of hydrogen-bond acceptors (Lipinski definition) is 1. The molecule has 1 unspecified atom stereocenters. The Morgan fingerprint density at radius 3 is 2.60 bits per heavy atom. The molecule has 60 valence electrons. The van der Waals surface area contributed by atoms with Crippen molar-refractivity contribution in [3.8, 4) is 0 Å². The lowest BCUT2D eigenvalue weighted by molar-refractivity contribution is -0.119. The maximum absolute atomic E-state index is 10.5. The Balaban J connectivity index is 3.25. The van der Waals surface area contributed by atoms with Gasteiger partial charge in [-0.3, -0.25) is 4.79 Å². The van der Waals surface area contributed by atoms with Gasteiger partial charge in [0.05, 0.1) is 0 Å². The zero-order chi connectivity index (χ0) is 7.98. The third kappa shape index (κ3) is 5.60. The largest absolute Gasteiger partial charge is 0.354 e. The maximum Gasteiger partial charge on any atom is 0.217 e. The van der Waals surface area contributed by atoms with Crippen LogP contribution in [0.15, 0.2) is 0 Å². The van der Waals surface area contributed by atoms with E-state index in [2.05, 4.69) is 12.2 Å². The fraction of sp³-hybridized carbons (Fsp3) is 0.875. The molecular weight excluding hydrogens is 126 g/mol. The monoisotopic (exact) mass is 143 g/mol. The van der Waals surface area contributed by atoms with E-state index >= 15 is 0 Å². The van der Waals surface area contributed by atoms with Crippen LogP contribution in [0.25, 0.3) is 0 Å². The number of hydrogen-bond donors (Lipinski definition) is 1. The first-order chi connectivity index (χ1) is 4.66. The fourth-order valence-corrected chi connectivity index (χ4v) is 0.929. The first-order valence-corrected chi connectivity index (χ1v) is 3.94. The second kappa shape index (κ2) is 5.27. The van der Waals surface area contributed by atoms with Gasteiger partial charge < -0.3 is 5.32 Å². The first kappa shape index (κ1) is 9.47. The summed E-state index contributed by atoms with van der Waals surface area (Å²) >= 11 is 0. The van der Waals surface area contributed by atoms with Crippen LogP contribution in [0.4, 0.5) is 0 Å². The molecule has 0 aliphatic rings. The van der Waals surface area contributed by atoms with Crippen LogP contribution in [-0.2, 0) is 4.79 Å². The molecule has 0 saturated carbocycles. The molecule has 0 aromatic rings. The SMILES string of the molecule is CCCCC(C)NC(C)=O. The molecule has 10 heavy (non-hydrogen) atoms. The average molecular weight is 143 g/mol. The number of nitrogens with one attached hydrogen (secondary N) is 1. The second-order valence-corrected chi connectivity index (χ2v) is 2.74. The molecule has 1 atom stereocenters. The summed E-state index contributed by atoms with van der Waals surface area (Å²) < 4.78 is 0. The molecular formula is C8H17NO. The van der Waals surface area contributed by atoms with E-state index in [-0.39, 0.29) is 5.91 Å². The number of amides is 1. The molecule has 2 heteroatoms. The van der Waals surface area contributed by atoms with Crippen molar-refractivity contribution in [2.45, 2.75) is 46.1 Å². The van der Waals surface area contributed by atoms with E-state index in [0.717, 1.165) is 6.42 Å². The predicted molar refractivity (Wildman–Crippen MR) is 42.8 cm³/mol. The quantitative estimate of drug-likeness (QED) is 0.637. The summed E-state index contributed by atoms with van der Waals surface area (Å²) in [6, 6.07) is 0.345. The molecule has 0 aliphatic carbocycles. The van der Waals surface area contributed by atoms with Gasteiger partial charge in [-0.2, -0.15) is 0 Å². The molecule has 0 aromatic carbocycles. The maximum atomic E-state index is 10.5. The highest BCUT2D eigenvalue weighted by atomic mass is 16.1. The Morgan fingerprint density at radius 1 is 1.60 bits per heavy atom. The first-order valence-electron chi connectivity index (χ1n) is 3.94. The molecule has 0 saturated heterocycles. The standard InChI is InChI=1S/C8H17NO/c1-4-5-6-7(2)9-8(3)10/h7H,4-6H2,1-3H3,(H,9,10). The highest BCUT2D eigenvalue weighted by molar-refractivity contribution is 5.73. The van der Waals surface area contributed by atoms with Crippen LogP contribution in [0.1, 0.15) is 40.0 Å². The molecule has 2 nitrogen and oxygen atoms in total. The Bertz CT molecular complexity index is 101. The van der Waals surface area contributed by atoms with E-state index in [1.807, 2.05) is 6.92 Å². The third-order valence-corrected chi connectivity index (χ3v) is 1.44. The molecule has 1 amide bonds. The van der Waals surface area contributed by atoms with E-state index in [4.69, 9.17) is 0 Å². The lowest BCUT2D eigenvalue weighted by atomic mass is 10.1. The van der Waals surface area contributed by atoms with Gasteiger partial charge in [-0.15, -0.1) is 0 Å². The minimum atomic E-state index is 0.0728. The number of unbranched alkanes of at least 4 members (excludes halogenated alkanes) is 1. The van der Waals surface area contributed by atoms with Crippen LogP contribution in [0, 0.1) is 0 Å². The Labute approximate surface area is 63.0 Å². The van der Waals surface area contributed by atoms with Crippen LogP contribution in [-0.4, -0.2) is 11.9 Å². The number of carbonyl (C=O) groups excluding carboxylic acids is 1. The molecule has 0 radical (unpaired) electrons. The normalized spacial score (nSPS) is 12.7. The topological polar surface area (TPSA) is 29.1 Å². The predicted octanol–water partition coefficient (Wildman–Crippen LogP) is 1.70. The molecule has 0 aliphatic heterocycles. The van der Waals surface area contributed by atoms with Gasteiger partial charge in [0.2, 0.25) is 5.91 Å². The van der Waals surface area contributed by atoms with Gasteiger partial charge in [0.15, 0.2) is 0 Å². The summed E-state index contributed by atoms with van der Waals surface area (Å²) in [4.78, 5) is 10.5. The van der Waals surface area contributed by atoms with E-state index in [1.165, 1.54) is 12.8 Å². The molecule has 0 bridgehead atoms. The summed E-state index contributed by atoms with van der Waals surface area (Å²) in [7, 11) is 0. The van der Waals surface area contributed by atoms with Crippen molar-refractivity contribution >= 4 is 5.91 Å². The molecule has 0 spiro atoms. The Hall–Kier alpha value is -0.530. The Kier molecular flexibility index (Phi) is 4.99. The smallest absolute Gasteiger partial charge is 0.217 e. The van der Waals surface area contributed by atoms with Crippen molar-refractivity contribution in [1.29, 1.82) is 0 Å². The van der Waals surface area contributed by atoms with Crippen LogP contribution in [0.5, 0.6) is 0 Å². The van der Waals surface area contributed by atoms with Gasteiger partial charge >= 0.3 is 0 Å². The van der Waals surface area contributed by atoms with Gasteiger partial charge in [0.25, 0.3) is 0 Å². The van der Waals surface area contributed by atoms with E-state index in [1.54, 1.807) is 6.92 Å². The van der Waals surface area contributed by atoms with E-state index in [9.17, 15) is 4.79 Å². The van der Waals surface area contributed by atoms with Crippen molar-refractivity contribution in [3.05, 3.63) is 0 Å². The average Bonchev–Trinajstić information content (AvgIpc) is 1.82. The third-order valence-electron chi connectivity index (χ3n) is 1.44. The summed E-state index contributed by atoms with van der Waals surface area (Å²) in [6.07, 6.45) is 3.49. The highest BCUT2D eigenvalue weighted by Crippen LogP contribution is 1.98. The molecule has 0 fully saturated rings. The number of rotatable bonds is 4. The van der Waals surface area contributed by atoms with Crippen molar-refractivity contribution < 1.29 is 4.79 Å². The minimum absolute atomic E-state index is 0.0728. The summed E-state index contributed by atoms with van der Waals surface area (Å²) in [6.45, 7) is 5.75. The van der Waals surface area contributed by atoms with Gasteiger partial charge in [-0.05, 0) is 13.3 Å². The van der Waals surface area contributed by atoms with Crippen LogP contribution in [0.3, 0.4) is 0 Å². The molecule has 0 rings (SSSR count).